The SMILES string of the molecule is NC(=O)C(O)CNCc1ccc(Cl)c(F)c1. The average Bonchev–Trinajstić information content (AvgIpc) is 2.23. The first kappa shape index (κ1) is 12.9. The van der Waals surface area contributed by atoms with Crippen LogP contribution in [0.1, 0.15) is 5.56 Å². The van der Waals surface area contributed by atoms with Gasteiger partial charge in [0.25, 0.3) is 0 Å². The molecule has 0 saturated carbocycles. The highest BCUT2D eigenvalue weighted by atomic mass is 35.5. The predicted octanol–water partition coefficient (Wildman–Crippen LogP) is 0.415. The molecule has 0 radical (unpaired) electrons. The molecule has 0 saturated heterocycles. The minimum atomic E-state index is -1.24. The molecular formula is C10H12ClFN2O2. The van der Waals surface area contributed by atoms with Gasteiger partial charge in [-0.25, -0.2) is 4.39 Å². The van der Waals surface area contributed by atoms with Crippen LogP contribution in [-0.2, 0) is 11.3 Å². The Morgan fingerprint density at radius 2 is 2.31 bits per heavy atom. The van der Waals surface area contributed by atoms with E-state index in [1.807, 2.05) is 0 Å². The number of primary amides is 1. The number of halogens is 2. The quantitative estimate of drug-likeness (QED) is 0.705. The number of nitrogens with two attached hydrogens (primary N) is 1. The molecule has 0 fully saturated rings. The van der Waals surface area contributed by atoms with Crippen molar-refractivity contribution in [1.29, 1.82) is 0 Å². The largest absolute Gasteiger partial charge is 0.382 e. The van der Waals surface area contributed by atoms with Crippen LogP contribution >= 0.6 is 11.6 Å². The van der Waals surface area contributed by atoms with E-state index in [1.165, 1.54) is 12.1 Å². The first-order chi connectivity index (χ1) is 7.50. The fourth-order valence-corrected chi connectivity index (χ4v) is 1.22. The van der Waals surface area contributed by atoms with Gasteiger partial charge in [-0.3, -0.25) is 4.79 Å². The summed E-state index contributed by atoms with van der Waals surface area (Å²) in [6.07, 6.45) is -1.24. The van der Waals surface area contributed by atoms with Gasteiger partial charge in [-0.1, -0.05) is 17.7 Å². The van der Waals surface area contributed by atoms with E-state index in [2.05, 4.69) is 5.32 Å². The standard InChI is InChI=1S/C10H12ClFN2O2/c11-7-2-1-6(3-8(7)12)4-14-5-9(15)10(13)16/h1-3,9,14-15H,4-5H2,(H2,13,16). The van der Waals surface area contributed by atoms with Gasteiger partial charge >= 0.3 is 0 Å². The van der Waals surface area contributed by atoms with Crippen LogP contribution in [0.5, 0.6) is 0 Å². The molecule has 4 N–H and O–H groups in total. The summed E-state index contributed by atoms with van der Waals surface area (Å²) in [5.74, 6) is -1.30. The molecule has 4 nitrogen and oxygen atoms in total. The average molecular weight is 247 g/mol. The van der Waals surface area contributed by atoms with Crippen LogP contribution in [0.4, 0.5) is 4.39 Å². The molecule has 1 amide bonds. The van der Waals surface area contributed by atoms with Crippen molar-refractivity contribution in [2.75, 3.05) is 6.54 Å². The second kappa shape index (κ2) is 5.79. The summed E-state index contributed by atoms with van der Waals surface area (Å²) in [6, 6.07) is 4.37. The summed E-state index contributed by atoms with van der Waals surface area (Å²) in [7, 11) is 0. The summed E-state index contributed by atoms with van der Waals surface area (Å²) in [4.78, 5) is 10.5. The third-order valence-electron chi connectivity index (χ3n) is 1.98. The van der Waals surface area contributed by atoms with Crippen molar-refractivity contribution in [3.63, 3.8) is 0 Å². The summed E-state index contributed by atoms with van der Waals surface area (Å²) >= 11 is 5.51. The second-order valence-corrected chi connectivity index (χ2v) is 3.70. The molecule has 0 spiro atoms. The van der Waals surface area contributed by atoms with Gasteiger partial charge < -0.3 is 16.2 Å². The van der Waals surface area contributed by atoms with Crippen LogP contribution in [0.25, 0.3) is 0 Å². The predicted molar refractivity (Wildman–Crippen MR) is 58.3 cm³/mol. The number of hydrogen-bond acceptors (Lipinski definition) is 3. The van der Waals surface area contributed by atoms with E-state index >= 15 is 0 Å². The van der Waals surface area contributed by atoms with Crippen molar-refractivity contribution < 1.29 is 14.3 Å². The topological polar surface area (TPSA) is 75.4 Å². The molecule has 0 aliphatic heterocycles. The van der Waals surface area contributed by atoms with E-state index in [1.54, 1.807) is 6.07 Å². The first-order valence-electron chi connectivity index (χ1n) is 4.62. The zero-order chi connectivity index (χ0) is 12.1. The maximum Gasteiger partial charge on any atom is 0.247 e. The maximum absolute atomic E-state index is 13.0. The van der Waals surface area contributed by atoms with Gasteiger partial charge in [-0.05, 0) is 17.7 Å². The lowest BCUT2D eigenvalue weighted by atomic mass is 10.2. The lowest BCUT2D eigenvalue weighted by Gasteiger charge is -2.08. The molecule has 6 heteroatoms. The highest BCUT2D eigenvalue weighted by molar-refractivity contribution is 6.30. The van der Waals surface area contributed by atoms with Gasteiger partial charge in [-0.2, -0.15) is 0 Å². The summed E-state index contributed by atoms with van der Waals surface area (Å²) in [5.41, 5.74) is 5.52. The number of aliphatic hydroxyl groups is 1. The smallest absolute Gasteiger partial charge is 0.247 e. The monoisotopic (exact) mass is 246 g/mol. The van der Waals surface area contributed by atoms with Crippen LogP contribution in [0.15, 0.2) is 18.2 Å². The Labute approximate surface area is 97.2 Å². The molecule has 1 aromatic rings. The highest BCUT2D eigenvalue weighted by Gasteiger charge is 2.09. The van der Waals surface area contributed by atoms with Gasteiger partial charge in [-0.15, -0.1) is 0 Å². The number of hydrogen-bond donors (Lipinski definition) is 3. The minimum absolute atomic E-state index is 0.0274. The highest BCUT2D eigenvalue weighted by Crippen LogP contribution is 2.15. The van der Waals surface area contributed by atoms with E-state index < -0.39 is 17.8 Å². The fraction of sp³-hybridized carbons (Fsp3) is 0.300. The van der Waals surface area contributed by atoms with Crippen molar-refractivity contribution in [2.24, 2.45) is 5.73 Å². The molecular weight excluding hydrogens is 235 g/mol. The number of carbonyl (C=O) groups is 1. The van der Waals surface area contributed by atoms with E-state index in [0.717, 1.165) is 0 Å². The van der Waals surface area contributed by atoms with Gasteiger partial charge in [0.2, 0.25) is 5.91 Å². The van der Waals surface area contributed by atoms with Crippen molar-refractivity contribution in [3.8, 4) is 0 Å². The van der Waals surface area contributed by atoms with Crippen LogP contribution < -0.4 is 11.1 Å². The third kappa shape index (κ3) is 3.77. The molecule has 0 heterocycles. The number of amides is 1. The molecule has 0 aromatic heterocycles. The maximum atomic E-state index is 13.0. The summed E-state index contributed by atoms with van der Waals surface area (Å²) in [5, 5.41) is 11.9. The number of rotatable bonds is 5. The van der Waals surface area contributed by atoms with E-state index in [4.69, 9.17) is 22.4 Å². The number of nitrogens with one attached hydrogen (secondary N) is 1. The molecule has 88 valence electrons. The zero-order valence-corrected chi connectivity index (χ0v) is 9.17. The Morgan fingerprint density at radius 3 is 2.88 bits per heavy atom. The first-order valence-corrected chi connectivity index (χ1v) is 5.00. The van der Waals surface area contributed by atoms with Crippen molar-refractivity contribution in [1.82, 2.24) is 5.32 Å². The lowest BCUT2D eigenvalue weighted by Crippen LogP contribution is -2.37. The molecule has 16 heavy (non-hydrogen) atoms. The van der Waals surface area contributed by atoms with Crippen LogP contribution in [-0.4, -0.2) is 23.7 Å². The molecule has 1 atom stereocenters. The lowest BCUT2D eigenvalue weighted by molar-refractivity contribution is -0.125. The normalized spacial score (nSPS) is 12.4. The van der Waals surface area contributed by atoms with Crippen molar-refractivity contribution >= 4 is 17.5 Å². The van der Waals surface area contributed by atoms with Crippen molar-refractivity contribution in [3.05, 3.63) is 34.6 Å². The van der Waals surface area contributed by atoms with E-state index in [9.17, 15) is 9.18 Å². The van der Waals surface area contributed by atoms with Crippen molar-refractivity contribution in [2.45, 2.75) is 12.6 Å². The Hall–Kier alpha value is -1.17. The molecule has 1 unspecified atom stereocenters. The Balaban J connectivity index is 2.43. The molecule has 0 aliphatic rings. The minimum Gasteiger partial charge on any atom is -0.382 e. The van der Waals surface area contributed by atoms with Gasteiger partial charge in [0, 0.05) is 13.1 Å². The summed E-state index contributed by atoms with van der Waals surface area (Å²) < 4.78 is 13.0. The Morgan fingerprint density at radius 1 is 1.62 bits per heavy atom. The molecule has 1 rings (SSSR count). The zero-order valence-electron chi connectivity index (χ0n) is 8.41. The summed E-state index contributed by atoms with van der Waals surface area (Å²) in [6.45, 7) is 0.345. The van der Waals surface area contributed by atoms with Gasteiger partial charge in [0.15, 0.2) is 0 Å². The van der Waals surface area contributed by atoms with Crippen LogP contribution in [0.3, 0.4) is 0 Å². The number of benzene rings is 1. The van der Waals surface area contributed by atoms with E-state index in [-0.39, 0.29) is 11.6 Å². The fourth-order valence-electron chi connectivity index (χ4n) is 1.10. The van der Waals surface area contributed by atoms with E-state index in [0.29, 0.717) is 12.1 Å². The number of carbonyl (C=O) groups excluding carboxylic acids is 1. The molecule has 0 bridgehead atoms. The molecule has 0 aliphatic carbocycles. The van der Waals surface area contributed by atoms with Gasteiger partial charge in [0.05, 0.1) is 5.02 Å². The third-order valence-corrected chi connectivity index (χ3v) is 2.29. The second-order valence-electron chi connectivity index (χ2n) is 3.30. The van der Waals surface area contributed by atoms with Crippen LogP contribution in [0.2, 0.25) is 5.02 Å². The molecule has 1 aromatic carbocycles. The number of aliphatic hydroxyl groups excluding tert-OH is 1. The van der Waals surface area contributed by atoms with Gasteiger partial charge in [0.1, 0.15) is 11.9 Å². The van der Waals surface area contributed by atoms with Crippen LogP contribution in [0, 0.1) is 5.82 Å². The Kier molecular flexibility index (Phi) is 4.67. The Bertz CT molecular complexity index is 387.